The van der Waals surface area contributed by atoms with E-state index in [1.165, 1.54) is 0 Å². The highest BCUT2D eigenvalue weighted by atomic mass is 16.5. The van der Waals surface area contributed by atoms with E-state index in [2.05, 4.69) is 5.32 Å². The van der Waals surface area contributed by atoms with Crippen LogP contribution in [0.5, 0.6) is 5.75 Å². The van der Waals surface area contributed by atoms with E-state index >= 15 is 0 Å². The van der Waals surface area contributed by atoms with Gasteiger partial charge in [-0.1, -0.05) is 6.92 Å². The highest BCUT2D eigenvalue weighted by molar-refractivity contribution is 5.89. The molecule has 1 aromatic rings. The van der Waals surface area contributed by atoms with Crippen molar-refractivity contribution in [2.75, 3.05) is 13.2 Å². The number of carbonyl (C=O) groups excluding carboxylic acids is 2. The van der Waals surface area contributed by atoms with Crippen LogP contribution < -0.4 is 10.1 Å². The summed E-state index contributed by atoms with van der Waals surface area (Å²) in [4.78, 5) is 23.1. The molecule has 1 N–H and O–H groups in total. The molecule has 0 spiro atoms. The number of hydrogen-bond acceptors (Lipinski definition) is 4. The van der Waals surface area contributed by atoms with Crippen molar-refractivity contribution in [3.63, 3.8) is 0 Å². The van der Waals surface area contributed by atoms with Crippen molar-refractivity contribution >= 4 is 11.9 Å². The molecule has 0 saturated carbocycles. The Labute approximate surface area is 119 Å². The Morgan fingerprint density at radius 3 is 2.40 bits per heavy atom. The summed E-state index contributed by atoms with van der Waals surface area (Å²) in [7, 11) is 0. The Morgan fingerprint density at radius 2 is 1.85 bits per heavy atom. The summed E-state index contributed by atoms with van der Waals surface area (Å²) in [6, 6.07) is 6.53. The van der Waals surface area contributed by atoms with Crippen LogP contribution in [0.15, 0.2) is 24.3 Å². The molecule has 0 aliphatic rings. The van der Waals surface area contributed by atoms with Gasteiger partial charge < -0.3 is 14.8 Å². The van der Waals surface area contributed by atoms with Crippen molar-refractivity contribution in [3.8, 4) is 5.75 Å². The Morgan fingerprint density at radius 1 is 1.20 bits per heavy atom. The summed E-state index contributed by atoms with van der Waals surface area (Å²) in [6.45, 7) is 6.40. The van der Waals surface area contributed by atoms with Gasteiger partial charge in [0.15, 0.2) is 6.10 Å². The molecule has 1 amide bonds. The smallest absolute Gasteiger partial charge is 0.338 e. The molecule has 0 aliphatic heterocycles. The van der Waals surface area contributed by atoms with Gasteiger partial charge in [-0.05, 0) is 44.5 Å². The van der Waals surface area contributed by atoms with Crippen LogP contribution in [-0.4, -0.2) is 31.1 Å². The summed E-state index contributed by atoms with van der Waals surface area (Å²) in [5, 5.41) is 2.76. The average Bonchev–Trinajstić information content (AvgIpc) is 2.45. The number of hydrogen-bond donors (Lipinski definition) is 1. The maximum atomic E-state index is 11.7. The molecule has 5 nitrogen and oxygen atoms in total. The lowest BCUT2D eigenvalue weighted by Crippen LogP contribution is -2.36. The van der Waals surface area contributed by atoms with Gasteiger partial charge in [0.1, 0.15) is 5.75 Å². The second-order valence-electron chi connectivity index (χ2n) is 4.30. The minimum Gasteiger partial charge on any atom is -0.481 e. The standard InChI is InChI=1S/C15H21NO4/c1-4-10-16-14(17)11(3)20-13-8-6-12(7-9-13)15(18)19-5-2/h6-9,11H,4-5,10H2,1-3H3,(H,16,17). The predicted octanol–water partition coefficient (Wildman–Crippen LogP) is 2.16. The van der Waals surface area contributed by atoms with Gasteiger partial charge in [-0.25, -0.2) is 4.79 Å². The summed E-state index contributed by atoms with van der Waals surface area (Å²) in [5.41, 5.74) is 0.460. The molecule has 0 fully saturated rings. The first kappa shape index (κ1) is 16.0. The first-order chi connectivity index (χ1) is 9.58. The van der Waals surface area contributed by atoms with Crippen LogP contribution in [0.2, 0.25) is 0 Å². The third-order valence-corrected chi connectivity index (χ3v) is 2.60. The summed E-state index contributed by atoms with van der Waals surface area (Å²) in [6.07, 6.45) is 0.308. The van der Waals surface area contributed by atoms with E-state index in [0.717, 1.165) is 6.42 Å². The lowest BCUT2D eigenvalue weighted by molar-refractivity contribution is -0.127. The molecular weight excluding hydrogens is 258 g/mol. The maximum absolute atomic E-state index is 11.7. The van der Waals surface area contributed by atoms with Gasteiger partial charge in [0, 0.05) is 6.54 Å². The Hall–Kier alpha value is -2.04. The fraction of sp³-hybridized carbons (Fsp3) is 0.467. The highest BCUT2D eigenvalue weighted by Crippen LogP contribution is 2.14. The van der Waals surface area contributed by atoms with Gasteiger partial charge in [0.05, 0.1) is 12.2 Å². The van der Waals surface area contributed by atoms with Gasteiger partial charge in [0.25, 0.3) is 5.91 Å². The minimum absolute atomic E-state index is 0.152. The van der Waals surface area contributed by atoms with Crippen molar-refractivity contribution in [2.24, 2.45) is 0 Å². The van der Waals surface area contributed by atoms with Gasteiger partial charge in [-0.15, -0.1) is 0 Å². The zero-order chi connectivity index (χ0) is 15.0. The first-order valence-electron chi connectivity index (χ1n) is 6.80. The Kier molecular flexibility index (Phi) is 6.56. The molecule has 1 rings (SSSR count). The molecule has 1 atom stereocenters. The van der Waals surface area contributed by atoms with Crippen LogP contribution in [0.1, 0.15) is 37.6 Å². The van der Waals surface area contributed by atoms with Gasteiger partial charge >= 0.3 is 5.97 Å². The molecule has 1 unspecified atom stereocenters. The Bertz CT molecular complexity index is 442. The van der Waals surface area contributed by atoms with Gasteiger partial charge in [-0.3, -0.25) is 4.79 Å². The number of esters is 1. The maximum Gasteiger partial charge on any atom is 0.338 e. The van der Waals surface area contributed by atoms with E-state index in [0.29, 0.717) is 24.5 Å². The number of nitrogens with one attached hydrogen (secondary N) is 1. The molecule has 110 valence electrons. The lowest BCUT2D eigenvalue weighted by atomic mass is 10.2. The Balaban J connectivity index is 2.56. The largest absolute Gasteiger partial charge is 0.481 e. The van der Waals surface area contributed by atoms with E-state index in [1.807, 2.05) is 6.92 Å². The van der Waals surface area contributed by atoms with Crippen LogP contribution in [0.3, 0.4) is 0 Å². The average molecular weight is 279 g/mol. The molecule has 0 radical (unpaired) electrons. The zero-order valence-electron chi connectivity index (χ0n) is 12.1. The van der Waals surface area contributed by atoms with E-state index < -0.39 is 6.10 Å². The molecule has 5 heteroatoms. The molecule has 0 aliphatic carbocycles. The third-order valence-electron chi connectivity index (χ3n) is 2.60. The molecule has 0 aromatic heterocycles. The number of carbonyl (C=O) groups is 2. The molecule has 20 heavy (non-hydrogen) atoms. The van der Waals surface area contributed by atoms with Crippen molar-refractivity contribution in [1.29, 1.82) is 0 Å². The van der Waals surface area contributed by atoms with E-state index in [4.69, 9.17) is 9.47 Å². The summed E-state index contributed by atoms with van der Waals surface area (Å²) < 4.78 is 10.4. The van der Waals surface area contributed by atoms with E-state index in [9.17, 15) is 9.59 Å². The molecule has 0 saturated heterocycles. The van der Waals surface area contributed by atoms with E-state index in [1.54, 1.807) is 38.1 Å². The monoisotopic (exact) mass is 279 g/mol. The lowest BCUT2D eigenvalue weighted by Gasteiger charge is -2.14. The zero-order valence-corrected chi connectivity index (χ0v) is 12.1. The number of rotatable bonds is 7. The van der Waals surface area contributed by atoms with Gasteiger partial charge in [0.2, 0.25) is 0 Å². The van der Waals surface area contributed by atoms with Crippen molar-refractivity contribution < 1.29 is 19.1 Å². The second kappa shape index (κ2) is 8.19. The van der Waals surface area contributed by atoms with Crippen molar-refractivity contribution in [1.82, 2.24) is 5.32 Å². The second-order valence-corrected chi connectivity index (χ2v) is 4.30. The predicted molar refractivity (Wildman–Crippen MR) is 75.8 cm³/mol. The molecular formula is C15H21NO4. The topological polar surface area (TPSA) is 64.6 Å². The fourth-order valence-electron chi connectivity index (χ4n) is 1.53. The van der Waals surface area contributed by atoms with Crippen LogP contribution in [0, 0.1) is 0 Å². The molecule has 1 aromatic carbocycles. The molecule has 0 bridgehead atoms. The van der Waals surface area contributed by atoms with E-state index in [-0.39, 0.29) is 11.9 Å². The quantitative estimate of drug-likeness (QED) is 0.777. The van der Waals surface area contributed by atoms with Crippen LogP contribution >= 0.6 is 0 Å². The van der Waals surface area contributed by atoms with Crippen molar-refractivity contribution in [2.45, 2.75) is 33.3 Å². The minimum atomic E-state index is -0.574. The number of ether oxygens (including phenoxy) is 2. The third kappa shape index (κ3) is 4.91. The van der Waals surface area contributed by atoms with Crippen LogP contribution in [0.25, 0.3) is 0 Å². The van der Waals surface area contributed by atoms with Crippen molar-refractivity contribution in [3.05, 3.63) is 29.8 Å². The van der Waals surface area contributed by atoms with Crippen LogP contribution in [0.4, 0.5) is 0 Å². The summed E-state index contributed by atoms with van der Waals surface area (Å²) in [5.74, 6) is 0.0197. The summed E-state index contributed by atoms with van der Waals surface area (Å²) >= 11 is 0. The van der Waals surface area contributed by atoms with Crippen LogP contribution in [-0.2, 0) is 9.53 Å². The number of amides is 1. The van der Waals surface area contributed by atoms with Gasteiger partial charge in [-0.2, -0.15) is 0 Å². The normalized spacial score (nSPS) is 11.6. The fourth-order valence-corrected chi connectivity index (χ4v) is 1.53. The number of benzene rings is 1. The molecule has 0 heterocycles. The first-order valence-corrected chi connectivity index (χ1v) is 6.80. The highest BCUT2D eigenvalue weighted by Gasteiger charge is 2.14. The SMILES string of the molecule is CCCNC(=O)C(C)Oc1ccc(C(=O)OCC)cc1.